The average Bonchev–Trinajstić information content (AvgIpc) is 2.73. The minimum absolute atomic E-state index is 0.0192. The van der Waals surface area contributed by atoms with Crippen LogP contribution in [0, 0.1) is 0 Å². The molecule has 2 aliphatic heterocycles. The van der Waals surface area contributed by atoms with E-state index in [1.54, 1.807) is 0 Å². The third-order valence-corrected chi connectivity index (χ3v) is 5.57. The second kappa shape index (κ2) is 8.83. The summed E-state index contributed by atoms with van der Waals surface area (Å²) in [5, 5.41) is 0. The van der Waals surface area contributed by atoms with Gasteiger partial charge in [0.05, 0.1) is 44.6 Å². The zero-order chi connectivity index (χ0) is 22.1. The fourth-order valence-corrected chi connectivity index (χ4v) is 4.00. The molecule has 3 atom stereocenters. The second-order valence-electron chi connectivity index (χ2n) is 8.02. The Morgan fingerprint density at radius 1 is 1.00 bits per heavy atom. The largest absolute Gasteiger partial charge is 0.384 e. The summed E-state index contributed by atoms with van der Waals surface area (Å²) in [7, 11) is 0. The fourth-order valence-electron chi connectivity index (χ4n) is 4.00. The number of ether oxygens (including phenoxy) is 2. The molecule has 2 fully saturated rings. The Bertz CT molecular complexity index is 922. The van der Waals surface area contributed by atoms with Crippen molar-refractivity contribution in [1.82, 2.24) is 19.9 Å². The van der Waals surface area contributed by atoms with Gasteiger partial charge in [0.1, 0.15) is 5.82 Å². The van der Waals surface area contributed by atoms with Crippen molar-refractivity contribution in [2.24, 2.45) is 0 Å². The van der Waals surface area contributed by atoms with E-state index < -0.39 is 6.43 Å². The topological polar surface area (TPSA) is 103 Å². The number of hydrogen-bond acceptors (Lipinski definition) is 9. The highest BCUT2D eigenvalue weighted by Gasteiger charge is 2.31. The molecule has 168 valence electrons. The van der Waals surface area contributed by atoms with E-state index in [4.69, 9.17) is 20.2 Å². The van der Waals surface area contributed by atoms with E-state index >= 15 is 0 Å². The van der Waals surface area contributed by atoms with Crippen LogP contribution in [0.25, 0.3) is 11.4 Å². The number of nitrogens with two attached hydrogens (primary N) is 1. The molecule has 0 bridgehead atoms. The number of aromatic nitrogens is 4. The van der Waals surface area contributed by atoms with Crippen molar-refractivity contribution in [3.8, 4) is 11.4 Å². The molecule has 2 aromatic heterocycles. The highest BCUT2D eigenvalue weighted by Crippen LogP contribution is 2.32. The molecule has 0 spiro atoms. The molecule has 0 aliphatic carbocycles. The zero-order valence-corrected chi connectivity index (χ0v) is 17.8. The molecule has 0 saturated carbocycles. The van der Waals surface area contributed by atoms with Gasteiger partial charge < -0.3 is 25.0 Å². The van der Waals surface area contributed by atoms with Gasteiger partial charge in [-0.25, -0.2) is 13.8 Å². The van der Waals surface area contributed by atoms with Crippen LogP contribution in [-0.2, 0) is 9.47 Å². The van der Waals surface area contributed by atoms with E-state index in [2.05, 4.69) is 19.9 Å². The van der Waals surface area contributed by atoms with Crippen molar-refractivity contribution in [3.63, 3.8) is 0 Å². The Morgan fingerprint density at radius 2 is 1.68 bits per heavy atom. The zero-order valence-electron chi connectivity index (χ0n) is 17.8. The Morgan fingerprint density at radius 3 is 2.35 bits per heavy atom. The van der Waals surface area contributed by atoms with Gasteiger partial charge in [0.25, 0.3) is 6.43 Å². The number of nitrogen functional groups attached to an aromatic ring is 1. The van der Waals surface area contributed by atoms with Gasteiger partial charge in [-0.05, 0) is 26.8 Å². The molecule has 0 amide bonds. The van der Waals surface area contributed by atoms with Crippen LogP contribution < -0.4 is 15.5 Å². The maximum Gasteiger partial charge on any atom is 0.264 e. The minimum atomic E-state index is -2.74. The lowest BCUT2D eigenvalue weighted by atomic mass is 10.1. The van der Waals surface area contributed by atoms with Crippen LogP contribution in [0.15, 0.2) is 12.3 Å². The van der Waals surface area contributed by atoms with Crippen LogP contribution >= 0.6 is 0 Å². The molecule has 4 rings (SSSR count). The molecule has 2 N–H and O–H groups in total. The van der Waals surface area contributed by atoms with Gasteiger partial charge in [0.15, 0.2) is 5.82 Å². The van der Waals surface area contributed by atoms with E-state index in [1.165, 1.54) is 12.3 Å². The number of pyridine rings is 1. The standard InChI is InChI=1S/C20H27F2N7O2/c1-11-8-30-5-4-28(11)19-25-18(15-7-24-16(23)6-14(15)17(21)22)26-20(27-19)29-12(2)9-31-10-13(29)3/h6-7,11-13,17H,4-5,8-10H2,1-3H3,(H2,23,24)/t11-,12-,13+/m1/s1. The summed E-state index contributed by atoms with van der Waals surface area (Å²) >= 11 is 0. The van der Waals surface area contributed by atoms with Gasteiger partial charge in [-0.3, -0.25) is 0 Å². The first-order valence-electron chi connectivity index (χ1n) is 10.4. The molecule has 0 radical (unpaired) electrons. The number of anilines is 3. The summed E-state index contributed by atoms with van der Waals surface area (Å²) in [6, 6.07) is 1.25. The first-order valence-corrected chi connectivity index (χ1v) is 10.4. The summed E-state index contributed by atoms with van der Waals surface area (Å²) in [4.78, 5) is 22.0. The normalized spacial score (nSPS) is 24.6. The van der Waals surface area contributed by atoms with Crippen LogP contribution in [0.1, 0.15) is 32.8 Å². The lowest BCUT2D eigenvalue weighted by Crippen LogP contribution is -2.51. The third-order valence-electron chi connectivity index (χ3n) is 5.57. The van der Waals surface area contributed by atoms with Crippen LogP contribution in [-0.4, -0.2) is 71.0 Å². The van der Waals surface area contributed by atoms with Crippen molar-refractivity contribution < 1.29 is 18.3 Å². The molecule has 0 aromatic carbocycles. The van der Waals surface area contributed by atoms with Crippen molar-refractivity contribution in [3.05, 3.63) is 17.8 Å². The molecule has 9 nitrogen and oxygen atoms in total. The molecule has 4 heterocycles. The predicted molar refractivity (Wildman–Crippen MR) is 112 cm³/mol. The lowest BCUT2D eigenvalue weighted by molar-refractivity contribution is 0.0746. The van der Waals surface area contributed by atoms with E-state index in [-0.39, 0.29) is 40.9 Å². The Hall–Kier alpha value is -2.66. The maximum absolute atomic E-state index is 13.8. The minimum Gasteiger partial charge on any atom is -0.384 e. The van der Waals surface area contributed by atoms with Gasteiger partial charge >= 0.3 is 0 Å². The highest BCUT2D eigenvalue weighted by atomic mass is 19.3. The molecule has 0 unspecified atom stereocenters. The van der Waals surface area contributed by atoms with Gasteiger partial charge in [0.2, 0.25) is 11.9 Å². The van der Waals surface area contributed by atoms with Crippen LogP contribution in [0.4, 0.5) is 26.5 Å². The Balaban J connectivity index is 1.86. The SMILES string of the molecule is C[C@@H]1COCCN1c1nc(-c2cnc(N)cc2C(F)F)nc(N2[C@H](C)COC[C@@H]2C)n1. The van der Waals surface area contributed by atoms with E-state index in [0.717, 1.165) is 0 Å². The van der Waals surface area contributed by atoms with Crippen molar-refractivity contribution in [2.45, 2.75) is 45.3 Å². The smallest absolute Gasteiger partial charge is 0.264 e. The monoisotopic (exact) mass is 435 g/mol. The number of rotatable bonds is 4. The van der Waals surface area contributed by atoms with Gasteiger partial charge in [0, 0.05) is 23.9 Å². The first-order chi connectivity index (χ1) is 14.8. The molecule has 2 aliphatic rings. The highest BCUT2D eigenvalue weighted by molar-refractivity contribution is 5.64. The van der Waals surface area contributed by atoms with Crippen molar-refractivity contribution >= 4 is 17.7 Å². The van der Waals surface area contributed by atoms with Gasteiger partial charge in [-0.15, -0.1) is 0 Å². The fraction of sp³-hybridized carbons (Fsp3) is 0.600. The molecule has 11 heteroatoms. The molecule has 2 saturated heterocycles. The van der Waals surface area contributed by atoms with Gasteiger partial charge in [-0.2, -0.15) is 15.0 Å². The summed E-state index contributed by atoms with van der Waals surface area (Å²) in [6.45, 7) is 8.78. The number of hydrogen-bond donors (Lipinski definition) is 1. The number of nitrogens with zero attached hydrogens (tertiary/aromatic N) is 6. The van der Waals surface area contributed by atoms with E-state index in [9.17, 15) is 8.78 Å². The van der Waals surface area contributed by atoms with Crippen LogP contribution in [0.5, 0.6) is 0 Å². The quantitative estimate of drug-likeness (QED) is 0.775. The third kappa shape index (κ3) is 4.38. The Kier molecular flexibility index (Phi) is 6.15. The molecule has 31 heavy (non-hydrogen) atoms. The van der Waals surface area contributed by atoms with Crippen LogP contribution in [0.3, 0.4) is 0 Å². The van der Waals surface area contributed by atoms with Crippen molar-refractivity contribution in [2.75, 3.05) is 48.5 Å². The number of halogens is 2. The lowest BCUT2D eigenvalue weighted by Gasteiger charge is -2.39. The summed E-state index contributed by atoms with van der Waals surface area (Å²) in [6.07, 6.45) is -1.44. The second-order valence-corrected chi connectivity index (χ2v) is 8.02. The van der Waals surface area contributed by atoms with Crippen molar-refractivity contribution in [1.29, 1.82) is 0 Å². The first kappa shape index (κ1) is 21.6. The van der Waals surface area contributed by atoms with E-state index in [1.807, 2.05) is 25.7 Å². The molecule has 2 aromatic rings. The molecular weight excluding hydrogens is 408 g/mol. The van der Waals surface area contributed by atoms with Crippen LogP contribution in [0.2, 0.25) is 0 Å². The summed E-state index contributed by atoms with van der Waals surface area (Å²) in [5.41, 5.74) is 5.54. The number of morpholine rings is 2. The summed E-state index contributed by atoms with van der Waals surface area (Å²) < 4.78 is 38.7. The average molecular weight is 435 g/mol. The summed E-state index contributed by atoms with van der Waals surface area (Å²) in [5.74, 6) is 1.02. The number of alkyl halides is 2. The molecular formula is C20H27F2N7O2. The Labute approximate surface area is 179 Å². The van der Waals surface area contributed by atoms with Gasteiger partial charge in [-0.1, -0.05) is 0 Å². The maximum atomic E-state index is 13.8. The van der Waals surface area contributed by atoms with E-state index in [0.29, 0.717) is 44.9 Å². The predicted octanol–water partition coefficient (Wildman–Crippen LogP) is 2.29.